The van der Waals surface area contributed by atoms with Gasteiger partial charge in [0.1, 0.15) is 5.82 Å². The lowest BCUT2D eigenvalue weighted by atomic mass is 9.95. The minimum Gasteiger partial charge on any atom is -0.351 e. The molecule has 2 aromatic rings. The van der Waals surface area contributed by atoms with E-state index in [0.29, 0.717) is 10.9 Å². The van der Waals surface area contributed by atoms with Crippen molar-refractivity contribution in [2.24, 2.45) is 0 Å². The molecule has 0 spiro atoms. The fraction of sp³-hybridized carbons (Fsp3) is 0.333. The number of amides is 2. The Morgan fingerprint density at radius 2 is 1.81 bits per heavy atom. The van der Waals surface area contributed by atoms with Gasteiger partial charge in [-0.15, -0.1) is 0 Å². The molecule has 1 aromatic heterocycles. The van der Waals surface area contributed by atoms with Crippen molar-refractivity contribution in [2.45, 2.75) is 44.7 Å². The van der Waals surface area contributed by atoms with Gasteiger partial charge in [-0.3, -0.25) is 14.5 Å². The Hall–Kier alpha value is -2.34. The first-order valence-corrected chi connectivity index (χ1v) is 10.1. The molecule has 1 saturated heterocycles. The zero-order valence-electron chi connectivity index (χ0n) is 14.9. The Balaban J connectivity index is 1.47. The first-order chi connectivity index (χ1) is 13.1. The van der Waals surface area contributed by atoms with Crippen LogP contribution in [0.2, 0.25) is 0 Å². The normalized spacial score (nSPS) is 20.0. The molecule has 140 valence electrons. The topological polar surface area (TPSA) is 42.3 Å². The van der Waals surface area contributed by atoms with Crippen molar-refractivity contribution in [3.8, 4) is 0 Å². The van der Waals surface area contributed by atoms with Crippen LogP contribution in [0.4, 0.5) is 9.18 Å². The van der Waals surface area contributed by atoms with E-state index in [9.17, 15) is 14.0 Å². The molecule has 2 heterocycles. The average Bonchev–Trinajstić information content (AvgIpc) is 3.25. The molecule has 4 nitrogen and oxygen atoms in total. The van der Waals surface area contributed by atoms with Gasteiger partial charge in [0.25, 0.3) is 11.1 Å². The molecule has 1 aromatic carbocycles. The summed E-state index contributed by atoms with van der Waals surface area (Å²) in [6.07, 6.45) is 12.1. The van der Waals surface area contributed by atoms with Gasteiger partial charge in [-0.2, -0.15) is 0 Å². The van der Waals surface area contributed by atoms with E-state index < -0.39 is 0 Å². The summed E-state index contributed by atoms with van der Waals surface area (Å²) in [6.45, 7) is 0.158. The number of rotatable bonds is 4. The summed E-state index contributed by atoms with van der Waals surface area (Å²) in [5.74, 6) is -0.630. The fourth-order valence-electron chi connectivity index (χ4n) is 3.68. The van der Waals surface area contributed by atoms with Gasteiger partial charge in [0.15, 0.2) is 0 Å². The van der Waals surface area contributed by atoms with Gasteiger partial charge >= 0.3 is 0 Å². The fourth-order valence-corrected chi connectivity index (χ4v) is 4.52. The second-order valence-corrected chi connectivity index (χ2v) is 8.07. The molecule has 0 unspecified atom stereocenters. The number of aromatic nitrogens is 1. The second kappa shape index (κ2) is 7.72. The minimum atomic E-state index is -0.338. The predicted octanol–water partition coefficient (Wildman–Crippen LogP) is 5.37. The summed E-state index contributed by atoms with van der Waals surface area (Å²) < 4.78 is 15.3. The summed E-state index contributed by atoms with van der Waals surface area (Å²) in [5, 5.41) is -0.290. The van der Waals surface area contributed by atoms with E-state index in [1.165, 1.54) is 49.1 Å². The SMILES string of the molecule is O=C1S/C(=C/c2ccn(C3CCCCC3)c2)C(=O)N1Cc1ccc(F)cc1. The number of hydrogen-bond donors (Lipinski definition) is 0. The highest BCUT2D eigenvalue weighted by molar-refractivity contribution is 8.18. The Bertz CT molecular complexity index is 882. The number of carbonyl (C=O) groups is 2. The molecule has 4 rings (SSSR count). The zero-order valence-corrected chi connectivity index (χ0v) is 15.8. The number of imide groups is 1. The van der Waals surface area contributed by atoms with Gasteiger partial charge in [-0.1, -0.05) is 31.4 Å². The molecule has 1 aliphatic carbocycles. The third kappa shape index (κ3) is 4.00. The third-order valence-corrected chi connectivity index (χ3v) is 6.07. The number of benzene rings is 1. The Labute approximate surface area is 162 Å². The van der Waals surface area contributed by atoms with Crippen LogP contribution in [0.1, 0.15) is 49.3 Å². The van der Waals surface area contributed by atoms with E-state index in [-0.39, 0.29) is 23.5 Å². The maximum absolute atomic E-state index is 13.0. The smallest absolute Gasteiger partial charge is 0.293 e. The number of hydrogen-bond acceptors (Lipinski definition) is 3. The van der Waals surface area contributed by atoms with Gasteiger partial charge in [0, 0.05) is 18.4 Å². The van der Waals surface area contributed by atoms with Crippen LogP contribution in [0.25, 0.3) is 6.08 Å². The van der Waals surface area contributed by atoms with Gasteiger partial charge in [0.05, 0.1) is 11.4 Å². The summed E-state index contributed by atoms with van der Waals surface area (Å²) in [7, 11) is 0. The highest BCUT2D eigenvalue weighted by Crippen LogP contribution is 2.34. The van der Waals surface area contributed by atoms with E-state index in [4.69, 9.17) is 0 Å². The quantitative estimate of drug-likeness (QED) is 0.666. The lowest BCUT2D eigenvalue weighted by Crippen LogP contribution is -2.27. The summed E-state index contributed by atoms with van der Waals surface area (Å²) in [5.41, 5.74) is 1.66. The zero-order chi connectivity index (χ0) is 18.8. The van der Waals surface area contributed by atoms with Gasteiger partial charge in [0.2, 0.25) is 0 Å². The highest BCUT2D eigenvalue weighted by atomic mass is 32.2. The molecule has 1 aliphatic heterocycles. The van der Waals surface area contributed by atoms with E-state index in [1.54, 1.807) is 18.2 Å². The van der Waals surface area contributed by atoms with Gasteiger partial charge in [-0.25, -0.2) is 4.39 Å². The molecule has 0 N–H and O–H groups in total. The van der Waals surface area contributed by atoms with Crippen molar-refractivity contribution in [3.63, 3.8) is 0 Å². The lowest BCUT2D eigenvalue weighted by molar-refractivity contribution is -0.123. The van der Waals surface area contributed by atoms with E-state index in [2.05, 4.69) is 17.0 Å². The van der Waals surface area contributed by atoms with Gasteiger partial charge in [-0.05, 0) is 60.0 Å². The van der Waals surface area contributed by atoms with E-state index >= 15 is 0 Å². The van der Waals surface area contributed by atoms with Crippen LogP contribution < -0.4 is 0 Å². The second-order valence-electron chi connectivity index (χ2n) is 7.08. The Morgan fingerprint density at radius 3 is 2.56 bits per heavy atom. The minimum absolute atomic E-state index is 0.158. The van der Waals surface area contributed by atoms with Crippen LogP contribution in [0.3, 0.4) is 0 Å². The van der Waals surface area contributed by atoms with Crippen molar-refractivity contribution in [3.05, 3.63) is 64.6 Å². The summed E-state index contributed by atoms with van der Waals surface area (Å²) in [6, 6.07) is 8.37. The lowest BCUT2D eigenvalue weighted by Gasteiger charge is -2.23. The summed E-state index contributed by atoms with van der Waals surface area (Å²) in [4.78, 5) is 26.5. The molecule has 0 bridgehead atoms. The maximum Gasteiger partial charge on any atom is 0.293 e. The van der Waals surface area contributed by atoms with Crippen LogP contribution in [0, 0.1) is 5.82 Å². The molecular weight excluding hydrogens is 363 g/mol. The number of thioether (sulfide) groups is 1. The maximum atomic E-state index is 13.0. The van der Waals surface area contributed by atoms with Crippen molar-refractivity contribution in [1.29, 1.82) is 0 Å². The number of carbonyl (C=O) groups excluding carboxylic acids is 2. The Morgan fingerprint density at radius 1 is 1.07 bits per heavy atom. The molecule has 0 radical (unpaired) electrons. The molecular formula is C21H21FN2O2S. The molecule has 2 aliphatic rings. The van der Waals surface area contributed by atoms with Crippen molar-refractivity contribution < 1.29 is 14.0 Å². The highest BCUT2D eigenvalue weighted by Gasteiger charge is 2.35. The number of nitrogens with zero attached hydrogens (tertiary/aromatic N) is 2. The monoisotopic (exact) mass is 384 g/mol. The molecule has 2 fully saturated rings. The van der Waals surface area contributed by atoms with Crippen LogP contribution in [-0.4, -0.2) is 20.6 Å². The van der Waals surface area contributed by atoms with Crippen molar-refractivity contribution >= 4 is 29.0 Å². The molecule has 0 atom stereocenters. The first-order valence-electron chi connectivity index (χ1n) is 9.27. The Kier molecular flexibility index (Phi) is 5.16. The van der Waals surface area contributed by atoms with Crippen LogP contribution in [0.15, 0.2) is 47.6 Å². The van der Waals surface area contributed by atoms with E-state index in [0.717, 1.165) is 22.9 Å². The van der Waals surface area contributed by atoms with Crippen LogP contribution in [0.5, 0.6) is 0 Å². The predicted molar refractivity (Wildman–Crippen MR) is 104 cm³/mol. The first kappa shape index (κ1) is 18.0. The average molecular weight is 384 g/mol. The summed E-state index contributed by atoms with van der Waals surface area (Å²) >= 11 is 0.959. The number of halogens is 1. The van der Waals surface area contributed by atoms with Gasteiger partial charge < -0.3 is 4.57 Å². The van der Waals surface area contributed by atoms with Crippen LogP contribution >= 0.6 is 11.8 Å². The van der Waals surface area contributed by atoms with E-state index in [1.807, 2.05) is 6.07 Å². The molecule has 1 saturated carbocycles. The van der Waals surface area contributed by atoms with Crippen LogP contribution in [-0.2, 0) is 11.3 Å². The standard InChI is InChI=1S/C21H21FN2O2S/c22-17-8-6-15(7-9-17)14-24-20(25)19(27-21(24)26)12-16-10-11-23(13-16)18-4-2-1-3-5-18/h6-13,18H,1-5,14H2/b19-12+. The molecule has 27 heavy (non-hydrogen) atoms. The molecule has 6 heteroatoms. The third-order valence-electron chi connectivity index (χ3n) is 5.16. The van der Waals surface area contributed by atoms with Crippen molar-refractivity contribution in [2.75, 3.05) is 0 Å². The molecule has 2 amide bonds. The van der Waals surface area contributed by atoms with Crippen molar-refractivity contribution in [1.82, 2.24) is 9.47 Å². The largest absolute Gasteiger partial charge is 0.351 e.